The molecular weight excluding hydrogens is 332 g/mol. The molecule has 0 aliphatic heterocycles. The Morgan fingerprint density at radius 2 is 1.96 bits per heavy atom. The third-order valence-corrected chi connectivity index (χ3v) is 3.91. The van der Waals surface area contributed by atoms with Crippen LogP contribution in [0.1, 0.15) is 12.8 Å². The fourth-order valence-corrected chi connectivity index (χ4v) is 2.32. The first kappa shape index (κ1) is 17.7. The molecule has 0 saturated heterocycles. The quantitative estimate of drug-likeness (QED) is 0.798. The molecule has 0 atom stereocenters. The standard InChI is InChI=1S/C19H22N4O3/c1-23(2)17-9-8-15(11-20-17)21-18(24)12-26-16-5-3-4-14(10-16)22-19(25)13-6-7-13/h3-5,8-11,13H,6-7,12H2,1-2H3,(H,21,24)(H,22,25). The predicted molar refractivity (Wildman–Crippen MR) is 100 cm³/mol. The summed E-state index contributed by atoms with van der Waals surface area (Å²) in [6.45, 7) is -0.130. The minimum Gasteiger partial charge on any atom is -0.484 e. The van der Waals surface area contributed by atoms with E-state index in [1.54, 1.807) is 36.5 Å². The SMILES string of the molecule is CN(C)c1ccc(NC(=O)COc2cccc(NC(=O)C3CC3)c2)cn1. The summed E-state index contributed by atoms with van der Waals surface area (Å²) in [5.41, 5.74) is 1.28. The second kappa shape index (κ2) is 7.86. The molecule has 0 unspecified atom stereocenters. The first-order valence-electron chi connectivity index (χ1n) is 8.48. The van der Waals surface area contributed by atoms with E-state index < -0.39 is 0 Å². The molecule has 1 aromatic heterocycles. The van der Waals surface area contributed by atoms with Gasteiger partial charge in [0, 0.05) is 31.8 Å². The highest BCUT2D eigenvalue weighted by Crippen LogP contribution is 2.30. The fraction of sp³-hybridized carbons (Fsp3) is 0.316. The number of aromatic nitrogens is 1. The first-order valence-corrected chi connectivity index (χ1v) is 8.48. The molecular formula is C19H22N4O3. The van der Waals surface area contributed by atoms with E-state index in [1.165, 1.54) is 0 Å². The Bertz CT molecular complexity index is 786. The van der Waals surface area contributed by atoms with Crippen molar-refractivity contribution in [3.05, 3.63) is 42.6 Å². The van der Waals surface area contributed by atoms with Crippen LogP contribution in [0.5, 0.6) is 5.75 Å². The third kappa shape index (κ3) is 4.95. The van der Waals surface area contributed by atoms with Crippen molar-refractivity contribution in [1.82, 2.24) is 4.98 Å². The highest BCUT2D eigenvalue weighted by atomic mass is 16.5. The Labute approximate surface area is 152 Å². The van der Waals surface area contributed by atoms with Crippen molar-refractivity contribution >= 4 is 29.0 Å². The molecule has 0 spiro atoms. The fourth-order valence-electron chi connectivity index (χ4n) is 2.32. The maximum atomic E-state index is 12.0. The number of rotatable bonds is 7. The maximum absolute atomic E-state index is 12.0. The molecule has 7 nitrogen and oxygen atoms in total. The van der Waals surface area contributed by atoms with Crippen LogP contribution in [0.25, 0.3) is 0 Å². The zero-order valence-electron chi connectivity index (χ0n) is 14.9. The van der Waals surface area contributed by atoms with Crippen LogP contribution in [0.15, 0.2) is 42.6 Å². The topological polar surface area (TPSA) is 83.6 Å². The minimum atomic E-state index is -0.281. The van der Waals surface area contributed by atoms with Crippen LogP contribution in [0.3, 0.4) is 0 Å². The van der Waals surface area contributed by atoms with Gasteiger partial charge in [-0.1, -0.05) is 6.07 Å². The van der Waals surface area contributed by atoms with Crippen molar-refractivity contribution in [2.75, 3.05) is 36.2 Å². The number of benzene rings is 1. The summed E-state index contributed by atoms with van der Waals surface area (Å²) in [5.74, 6) is 1.22. The van der Waals surface area contributed by atoms with Crippen LogP contribution in [0.4, 0.5) is 17.2 Å². The number of nitrogens with zero attached hydrogens (tertiary/aromatic N) is 2. The molecule has 2 amide bonds. The average molecular weight is 354 g/mol. The zero-order valence-corrected chi connectivity index (χ0v) is 14.9. The van der Waals surface area contributed by atoms with Gasteiger partial charge < -0.3 is 20.3 Å². The summed E-state index contributed by atoms with van der Waals surface area (Å²) in [6.07, 6.45) is 3.50. The molecule has 7 heteroatoms. The van der Waals surface area contributed by atoms with E-state index in [2.05, 4.69) is 15.6 Å². The van der Waals surface area contributed by atoms with Crippen LogP contribution >= 0.6 is 0 Å². The number of nitrogens with one attached hydrogen (secondary N) is 2. The monoisotopic (exact) mass is 354 g/mol. The molecule has 0 radical (unpaired) electrons. The normalized spacial score (nSPS) is 13.0. The largest absolute Gasteiger partial charge is 0.484 e. The second-order valence-electron chi connectivity index (χ2n) is 6.43. The smallest absolute Gasteiger partial charge is 0.262 e. The van der Waals surface area contributed by atoms with Gasteiger partial charge in [0.2, 0.25) is 5.91 Å². The third-order valence-electron chi connectivity index (χ3n) is 3.91. The number of anilines is 3. The van der Waals surface area contributed by atoms with Crippen molar-refractivity contribution in [2.45, 2.75) is 12.8 Å². The Morgan fingerprint density at radius 3 is 2.62 bits per heavy atom. The van der Waals surface area contributed by atoms with E-state index in [-0.39, 0.29) is 24.3 Å². The first-order chi connectivity index (χ1) is 12.5. The lowest BCUT2D eigenvalue weighted by molar-refractivity contribution is -0.118. The molecule has 1 aromatic carbocycles. The van der Waals surface area contributed by atoms with Crippen LogP contribution in [-0.2, 0) is 9.59 Å². The number of hydrogen-bond acceptors (Lipinski definition) is 5. The highest BCUT2D eigenvalue weighted by Gasteiger charge is 2.29. The molecule has 1 fully saturated rings. The Morgan fingerprint density at radius 1 is 1.15 bits per heavy atom. The van der Waals surface area contributed by atoms with Crippen LogP contribution in [0, 0.1) is 5.92 Å². The molecule has 0 bridgehead atoms. The molecule has 2 N–H and O–H groups in total. The van der Waals surface area contributed by atoms with Gasteiger partial charge in [-0.05, 0) is 37.1 Å². The highest BCUT2D eigenvalue weighted by molar-refractivity contribution is 5.94. The Balaban J connectivity index is 1.50. The Hall–Kier alpha value is -3.09. The number of amides is 2. The number of hydrogen-bond donors (Lipinski definition) is 2. The van der Waals surface area contributed by atoms with Gasteiger partial charge in [0.15, 0.2) is 6.61 Å². The predicted octanol–water partition coefficient (Wildman–Crippen LogP) is 2.51. The summed E-state index contributed by atoms with van der Waals surface area (Å²) in [4.78, 5) is 29.9. The number of pyridine rings is 1. The van der Waals surface area contributed by atoms with Crippen molar-refractivity contribution in [1.29, 1.82) is 0 Å². The molecule has 1 aliphatic carbocycles. The average Bonchev–Trinajstić information content (AvgIpc) is 3.46. The van der Waals surface area contributed by atoms with Gasteiger partial charge in [0.25, 0.3) is 5.91 Å². The van der Waals surface area contributed by atoms with Gasteiger partial charge in [0.05, 0.1) is 11.9 Å². The number of carbonyl (C=O) groups is 2. The summed E-state index contributed by atoms with van der Waals surface area (Å²) < 4.78 is 5.51. The van der Waals surface area contributed by atoms with Crippen LogP contribution < -0.4 is 20.3 Å². The van der Waals surface area contributed by atoms with Gasteiger partial charge in [-0.15, -0.1) is 0 Å². The summed E-state index contributed by atoms with van der Waals surface area (Å²) in [6, 6.07) is 10.6. The van der Waals surface area contributed by atoms with Crippen molar-refractivity contribution in [3.8, 4) is 5.75 Å². The van der Waals surface area contributed by atoms with Crippen LogP contribution in [-0.4, -0.2) is 37.5 Å². The van der Waals surface area contributed by atoms with Crippen molar-refractivity contribution in [3.63, 3.8) is 0 Å². The van der Waals surface area contributed by atoms with Gasteiger partial charge in [-0.2, -0.15) is 0 Å². The van der Waals surface area contributed by atoms with Crippen molar-refractivity contribution < 1.29 is 14.3 Å². The van der Waals surface area contributed by atoms with Crippen molar-refractivity contribution in [2.24, 2.45) is 5.92 Å². The second-order valence-corrected chi connectivity index (χ2v) is 6.43. The summed E-state index contributed by atoms with van der Waals surface area (Å²) in [7, 11) is 3.80. The summed E-state index contributed by atoms with van der Waals surface area (Å²) >= 11 is 0. The lowest BCUT2D eigenvalue weighted by atomic mass is 10.3. The van der Waals surface area contributed by atoms with Gasteiger partial charge in [0.1, 0.15) is 11.6 Å². The number of carbonyl (C=O) groups excluding carboxylic acids is 2. The van der Waals surface area contributed by atoms with Gasteiger partial charge >= 0.3 is 0 Å². The summed E-state index contributed by atoms with van der Waals surface area (Å²) in [5, 5.41) is 5.59. The van der Waals surface area contributed by atoms with Gasteiger partial charge in [-0.25, -0.2) is 4.98 Å². The lowest BCUT2D eigenvalue weighted by Gasteiger charge is -2.12. The van der Waals surface area contributed by atoms with E-state index >= 15 is 0 Å². The maximum Gasteiger partial charge on any atom is 0.262 e. The van der Waals surface area contributed by atoms with E-state index in [0.717, 1.165) is 18.7 Å². The van der Waals surface area contributed by atoms with E-state index in [0.29, 0.717) is 17.1 Å². The molecule has 136 valence electrons. The lowest BCUT2D eigenvalue weighted by Crippen LogP contribution is -2.20. The van der Waals surface area contributed by atoms with E-state index in [4.69, 9.17) is 4.74 Å². The van der Waals surface area contributed by atoms with E-state index in [1.807, 2.05) is 25.1 Å². The molecule has 1 aliphatic rings. The molecule has 1 heterocycles. The molecule has 2 aromatic rings. The Kier molecular flexibility index (Phi) is 5.36. The molecule has 1 saturated carbocycles. The zero-order chi connectivity index (χ0) is 18.5. The molecule has 26 heavy (non-hydrogen) atoms. The van der Waals surface area contributed by atoms with Crippen LogP contribution in [0.2, 0.25) is 0 Å². The van der Waals surface area contributed by atoms with E-state index in [9.17, 15) is 9.59 Å². The number of ether oxygens (including phenoxy) is 1. The molecule has 3 rings (SSSR count). The van der Waals surface area contributed by atoms with Gasteiger partial charge in [-0.3, -0.25) is 9.59 Å². The minimum absolute atomic E-state index is 0.0357.